The third kappa shape index (κ3) is 3.42. The summed E-state index contributed by atoms with van der Waals surface area (Å²) in [6, 6.07) is 12.4. The highest BCUT2D eigenvalue weighted by Gasteiger charge is 2.34. The van der Waals surface area contributed by atoms with Crippen molar-refractivity contribution in [3.63, 3.8) is 0 Å². The first-order valence-corrected chi connectivity index (χ1v) is 12.0. The molecule has 1 amide bonds. The molecule has 0 saturated carbocycles. The molecule has 1 saturated heterocycles. The number of carbonyl (C=O) groups excluding carboxylic acids is 2. The molecule has 1 aliphatic carbocycles. The Kier molecular flexibility index (Phi) is 5.21. The smallest absolute Gasteiger partial charge is 0.295 e. The van der Waals surface area contributed by atoms with E-state index in [1.807, 2.05) is 18.2 Å². The van der Waals surface area contributed by atoms with Crippen LogP contribution in [0.5, 0.6) is 0 Å². The molecule has 1 fully saturated rings. The van der Waals surface area contributed by atoms with Gasteiger partial charge in [0.1, 0.15) is 17.2 Å². The van der Waals surface area contributed by atoms with Gasteiger partial charge in [-0.3, -0.25) is 19.2 Å². The number of rotatable bonds is 5. The SMILES string of the molecule is O=C(C(=O)N1CCN(c2c(NC3CCc4ccccc43)c(=O)c2=O)CC1)c1c[nH]c2cccc(F)c12. The number of aromatic nitrogens is 1. The molecule has 0 radical (unpaired) electrons. The number of aryl methyl sites for hydroxylation is 1. The number of halogens is 1. The molecule has 36 heavy (non-hydrogen) atoms. The fourth-order valence-electron chi connectivity index (χ4n) is 5.41. The number of anilines is 2. The number of hydrogen-bond donors (Lipinski definition) is 2. The molecule has 1 unspecified atom stereocenters. The van der Waals surface area contributed by atoms with Crippen LogP contribution in [0.25, 0.3) is 10.9 Å². The lowest BCUT2D eigenvalue weighted by Crippen LogP contribution is -2.54. The molecule has 182 valence electrons. The number of fused-ring (bicyclic) bond motifs is 2. The largest absolute Gasteiger partial charge is 0.373 e. The van der Waals surface area contributed by atoms with Gasteiger partial charge in [-0.15, -0.1) is 0 Å². The molecule has 3 aromatic carbocycles. The van der Waals surface area contributed by atoms with Crippen molar-refractivity contribution in [1.82, 2.24) is 9.88 Å². The molecule has 2 aliphatic rings. The van der Waals surface area contributed by atoms with Gasteiger partial charge in [-0.25, -0.2) is 4.39 Å². The van der Waals surface area contributed by atoms with Gasteiger partial charge in [0.25, 0.3) is 22.5 Å². The Morgan fingerprint density at radius 3 is 2.56 bits per heavy atom. The van der Waals surface area contributed by atoms with Crippen LogP contribution in [-0.4, -0.2) is 47.8 Å². The quantitative estimate of drug-likeness (QED) is 0.332. The van der Waals surface area contributed by atoms with Crippen LogP contribution in [0.1, 0.15) is 33.9 Å². The van der Waals surface area contributed by atoms with Crippen LogP contribution >= 0.6 is 0 Å². The Bertz CT molecular complexity index is 1590. The number of nitrogens with zero attached hydrogens (tertiary/aromatic N) is 2. The first kappa shape index (κ1) is 22.2. The minimum atomic E-state index is -0.781. The average molecular weight is 487 g/mol. The van der Waals surface area contributed by atoms with Gasteiger partial charge >= 0.3 is 0 Å². The molecule has 4 aromatic rings. The van der Waals surface area contributed by atoms with Gasteiger partial charge in [0.2, 0.25) is 0 Å². The number of benzene rings is 2. The molecular weight excluding hydrogens is 463 g/mol. The molecule has 1 atom stereocenters. The summed E-state index contributed by atoms with van der Waals surface area (Å²) in [7, 11) is 0. The molecular formula is C27H23FN4O4. The van der Waals surface area contributed by atoms with Crippen LogP contribution in [0.2, 0.25) is 0 Å². The number of piperazine rings is 1. The second-order valence-electron chi connectivity index (χ2n) is 9.29. The number of H-pyrrole nitrogens is 1. The molecule has 1 aliphatic heterocycles. The molecule has 8 nitrogen and oxygen atoms in total. The maximum Gasteiger partial charge on any atom is 0.295 e. The summed E-state index contributed by atoms with van der Waals surface area (Å²) in [6.45, 7) is 1.03. The predicted molar refractivity (Wildman–Crippen MR) is 134 cm³/mol. The Morgan fingerprint density at radius 2 is 1.75 bits per heavy atom. The van der Waals surface area contributed by atoms with Gasteiger partial charge in [0.05, 0.1) is 11.6 Å². The Labute approximate surface area is 205 Å². The van der Waals surface area contributed by atoms with E-state index < -0.39 is 28.4 Å². The standard InChI is InChI=1S/C27H23FN4O4/c28-18-6-3-7-20-21(18)17(14-29-20)24(33)27(36)32-12-10-31(11-13-32)23-22(25(34)26(23)35)30-19-9-8-15-4-1-2-5-16(15)19/h1-7,14,19,29-30H,8-13H2. The third-order valence-electron chi connectivity index (χ3n) is 7.31. The number of hydrogen-bond acceptors (Lipinski definition) is 6. The summed E-state index contributed by atoms with van der Waals surface area (Å²) < 4.78 is 14.3. The van der Waals surface area contributed by atoms with E-state index in [-0.39, 0.29) is 30.1 Å². The van der Waals surface area contributed by atoms with Crippen molar-refractivity contribution in [3.05, 3.63) is 91.6 Å². The summed E-state index contributed by atoms with van der Waals surface area (Å²) in [5, 5.41) is 3.39. The van der Waals surface area contributed by atoms with Crippen molar-refractivity contribution in [3.8, 4) is 0 Å². The summed E-state index contributed by atoms with van der Waals surface area (Å²) in [6.07, 6.45) is 3.11. The van der Waals surface area contributed by atoms with Gasteiger partial charge in [-0.1, -0.05) is 30.3 Å². The van der Waals surface area contributed by atoms with E-state index in [1.165, 1.54) is 28.8 Å². The lowest BCUT2D eigenvalue weighted by molar-refractivity contribution is -0.126. The molecule has 6 rings (SSSR count). The number of nitrogens with one attached hydrogen (secondary N) is 2. The van der Waals surface area contributed by atoms with Crippen molar-refractivity contribution in [2.75, 3.05) is 36.4 Å². The third-order valence-corrected chi connectivity index (χ3v) is 7.31. The van der Waals surface area contributed by atoms with E-state index >= 15 is 0 Å². The summed E-state index contributed by atoms with van der Waals surface area (Å²) in [4.78, 5) is 56.7. The molecule has 2 N–H and O–H groups in total. The topological polar surface area (TPSA) is 103 Å². The Hall–Kier alpha value is -4.27. The maximum atomic E-state index is 14.3. The minimum absolute atomic E-state index is 0.00124. The minimum Gasteiger partial charge on any atom is -0.373 e. The first-order chi connectivity index (χ1) is 17.4. The van der Waals surface area contributed by atoms with E-state index in [2.05, 4.69) is 16.4 Å². The van der Waals surface area contributed by atoms with Gasteiger partial charge in [0, 0.05) is 43.3 Å². The maximum absolute atomic E-state index is 14.3. The second-order valence-corrected chi connectivity index (χ2v) is 9.29. The Morgan fingerprint density at radius 1 is 0.972 bits per heavy atom. The van der Waals surface area contributed by atoms with Crippen LogP contribution in [0.4, 0.5) is 15.8 Å². The lowest BCUT2D eigenvalue weighted by atomic mass is 10.1. The number of aromatic amines is 1. The fourth-order valence-corrected chi connectivity index (χ4v) is 5.41. The van der Waals surface area contributed by atoms with Crippen molar-refractivity contribution >= 4 is 34.0 Å². The molecule has 2 heterocycles. The van der Waals surface area contributed by atoms with Crippen LogP contribution in [0, 0.1) is 5.82 Å². The van der Waals surface area contributed by atoms with Crippen LogP contribution in [0.15, 0.2) is 58.3 Å². The van der Waals surface area contributed by atoms with Gasteiger partial charge < -0.3 is 20.1 Å². The van der Waals surface area contributed by atoms with Crippen molar-refractivity contribution in [2.45, 2.75) is 18.9 Å². The monoisotopic (exact) mass is 486 g/mol. The van der Waals surface area contributed by atoms with Gasteiger partial charge in [-0.2, -0.15) is 0 Å². The molecule has 1 aromatic heterocycles. The highest BCUT2D eigenvalue weighted by atomic mass is 19.1. The van der Waals surface area contributed by atoms with E-state index in [9.17, 15) is 23.6 Å². The summed E-state index contributed by atoms with van der Waals surface area (Å²) in [5.74, 6) is -2.07. The van der Waals surface area contributed by atoms with Crippen molar-refractivity contribution in [2.24, 2.45) is 0 Å². The molecule has 0 spiro atoms. The lowest BCUT2D eigenvalue weighted by Gasteiger charge is -2.37. The van der Waals surface area contributed by atoms with E-state index in [4.69, 9.17) is 0 Å². The normalized spacial score (nSPS) is 17.5. The second kappa shape index (κ2) is 8.44. The van der Waals surface area contributed by atoms with Crippen molar-refractivity contribution < 1.29 is 14.0 Å². The highest BCUT2D eigenvalue weighted by molar-refractivity contribution is 6.44. The average Bonchev–Trinajstić information content (AvgIpc) is 3.53. The van der Waals surface area contributed by atoms with E-state index in [0.29, 0.717) is 30.0 Å². The summed E-state index contributed by atoms with van der Waals surface area (Å²) >= 11 is 0. The summed E-state index contributed by atoms with van der Waals surface area (Å²) in [5.41, 5.74) is 2.44. The number of carbonyl (C=O) groups is 2. The predicted octanol–water partition coefficient (Wildman–Crippen LogP) is 2.53. The van der Waals surface area contributed by atoms with Crippen LogP contribution in [0.3, 0.4) is 0 Å². The zero-order chi connectivity index (χ0) is 25.0. The number of amides is 1. The fraction of sp³-hybridized carbons (Fsp3) is 0.259. The number of Topliss-reactive ketones (excluding diaryl/α,β-unsaturated/α-hetero) is 1. The first-order valence-electron chi connectivity index (χ1n) is 12.0. The zero-order valence-electron chi connectivity index (χ0n) is 19.3. The highest BCUT2D eigenvalue weighted by Crippen LogP contribution is 2.35. The van der Waals surface area contributed by atoms with Crippen LogP contribution in [-0.2, 0) is 11.2 Å². The Balaban J connectivity index is 1.15. The van der Waals surface area contributed by atoms with Crippen LogP contribution < -0.4 is 21.1 Å². The zero-order valence-corrected chi connectivity index (χ0v) is 19.3. The van der Waals surface area contributed by atoms with Gasteiger partial charge in [-0.05, 0) is 36.1 Å². The molecule has 0 bridgehead atoms. The van der Waals surface area contributed by atoms with Crippen molar-refractivity contribution in [1.29, 1.82) is 0 Å². The number of ketones is 1. The molecule has 9 heteroatoms. The van der Waals surface area contributed by atoms with E-state index in [0.717, 1.165) is 18.4 Å². The van der Waals surface area contributed by atoms with E-state index in [1.54, 1.807) is 11.0 Å². The van der Waals surface area contributed by atoms with Gasteiger partial charge in [0.15, 0.2) is 0 Å².